The molecule has 1 N–H and O–H groups in total. The number of ether oxygens (including phenoxy) is 2. The summed E-state index contributed by atoms with van der Waals surface area (Å²) in [6.07, 6.45) is 3.63. The lowest BCUT2D eigenvalue weighted by Crippen LogP contribution is -2.38. The van der Waals surface area contributed by atoms with Crippen LogP contribution in [0.4, 0.5) is 0 Å². The van der Waals surface area contributed by atoms with Crippen molar-refractivity contribution < 1.29 is 9.47 Å². The molecule has 0 unspecified atom stereocenters. The third kappa shape index (κ3) is 4.16. The van der Waals surface area contributed by atoms with E-state index in [1.54, 1.807) is 12.4 Å². The molecule has 9 heteroatoms. The number of nitrogens with one attached hydrogen (secondary N) is 1. The van der Waals surface area contributed by atoms with Crippen LogP contribution in [-0.2, 0) is 4.74 Å². The minimum atomic E-state index is -0.208. The van der Waals surface area contributed by atoms with E-state index < -0.39 is 0 Å². The van der Waals surface area contributed by atoms with Crippen LogP contribution in [0.5, 0.6) is 5.75 Å². The molecule has 3 aromatic heterocycles. The third-order valence-corrected chi connectivity index (χ3v) is 5.12. The summed E-state index contributed by atoms with van der Waals surface area (Å²) < 4.78 is 13.1. The maximum absolute atomic E-state index is 12.7. The zero-order valence-electron chi connectivity index (χ0n) is 16.3. The van der Waals surface area contributed by atoms with Gasteiger partial charge in [-0.1, -0.05) is 0 Å². The normalized spacial score (nSPS) is 14.7. The molecule has 0 atom stereocenters. The molecule has 4 heterocycles. The average molecular weight is 428 g/mol. The van der Waals surface area contributed by atoms with Crippen molar-refractivity contribution in [3.63, 3.8) is 0 Å². The first kappa shape index (κ1) is 20.3. The highest BCUT2D eigenvalue weighted by Gasteiger charge is 2.11. The SMILES string of the molecule is Cl.O=c1[nH]c(-c2cc3cccn3cn2)nc2ccc(OCCN3CCOCC3)cc12. The molecule has 1 aliphatic rings. The highest BCUT2D eigenvalue weighted by molar-refractivity contribution is 5.85. The van der Waals surface area contributed by atoms with Gasteiger partial charge in [0.05, 0.1) is 30.4 Å². The largest absolute Gasteiger partial charge is 0.492 e. The molecule has 30 heavy (non-hydrogen) atoms. The summed E-state index contributed by atoms with van der Waals surface area (Å²) in [5, 5.41) is 0.501. The minimum absolute atomic E-state index is 0. The van der Waals surface area contributed by atoms with E-state index >= 15 is 0 Å². The van der Waals surface area contributed by atoms with Crippen molar-refractivity contribution in [3.8, 4) is 17.3 Å². The van der Waals surface area contributed by atoms with Gasteiger partial charge >= 0.3 is 0 Å². The Morgan fingerprint density at radius 2 is 2.03 bits per heavy atom. The lowest BCUT2D eigenvalue weighted by molar-refractivity contribution is 0.0322. The number of H-pyrrole nitrogens is 1. The fourth-order valence-electron chi connectivity index (χ4n) is 3.51. The van der Waals surface area contributed by atoms with E-state index in [1.807, 2.05) is 40.9 Å². The van der Waals surface area contributed by atoms with Crippen LogP contribution >= 0.6 is 12.4 Å². The van der Waals surface area contributed by atoms with Gasteiger partial charge in [-0.05, 0) is 36.4 Å². The van der Waals surface area contributed by atoms with Crippen molar-refractivity contribution in [1.29, 1.82) is 0 Å². The van der Waals surface area contributed by atoms with E-state index in [9.17, 15) is 4.79 Å². The number of rotatable bonds is 5. The van der Waals surface area contributed by atoms with Crippen molar-refractivity contribution in [1.82, 2.24) is 24.3 Å². The van der Waals surface area contributed by atoms with Crippen molar-refractivity contribution in [2.24, 2.45) is 0 Å². The molecule has 4 aromatic rings. The smallest absolute Gasteiger partial charge is 0.259 e. The summed E-state index contributed by atoms with van der Waals surface area (Å²) in [6, 6.07) is 11.2. The first-order chi connectivity index (χ1) is 14.3. The van der Waals surface area contributed by atoms with Gasteiger partial charge in [0.25, 0.3) is 5.56 Å². The molecule has 0 aliphatic carbocycles. The minimum Gasteiger partial charge on any atom is -0.492 e. The second-order valence-corrected chi connectivity index (χ2v) is 7.01. The van der Waals surface area contributed by atoms with E-state index in [0.29, 0.717) is 34.8 Å². The van der Waals surface area contributed by atoms with Gasteiger partial charge in [-0.2, -0.15) is 0 Å². The quantitative estimate of drug-likeness (QED) is 0.526. The Morgan fingerprint density at radius 3 is 2.90 bits per heavy atom. The number of aromatic nitrogens is 4. The first-order valence-electron chi connectivity index (χ1n) is 9.66. The Kier molecular flexibility index (Phi) is 5.98. The van der Waals surface area contributed by atoms with Gasteiger partial charge in [-0.3, -0.25) is 9.69 Å². The van der Waals surface area contributed by atoms with Crippen LogP contribution in [0.3, 0.4) is 0 Å². The number of hydrogen-bond donors (Lipinski definition) is 1. The van der Waals surface area contributed by atoms with E-state index in [1.165, 1.54) is 0 Å². The summed E-state index contributed by atoms with van der Waals surface area (Å²) in [5.74, 6) is 1.12. The van der Waals surface area contributed by atoms with Gasteiger partial charge in [0.1, 0.15) is 18.1 Å². The van der Waals surface area contributed by atoms with Crippen LogP contribution in [0.15, 0.2) is 53.7 Å². The second kappa shape index (κ2) is 8.83. The molecule has 0 radical (unpaired) electrons. The summed E-state index contributed by atoms with van der Waals surface area (Å²) in [7, 11) is 0. The average Bonchev–Trinajstić information content (AvgIpc) is 3.23. The Bertz CT molecular complexity index is 1220. The number of halogens is 1. The number of benzene rings is 1. The highest BCUT2D eigenvalue weighted by Crippen LogP contribution is 2.20. The fourth-order valence-corrected chi connectivity index (χ4v) is 3.51. The molecule has 0 bridgehead atoms. The van der Waals surface area contributed by atoms with E-state index in [-0.39, 0.29) is 18.0 Å². The summed E-state index contributed by atoms with van der Waals surface area (Å²) in [6.45, 7) is 4.79. The van der Waals surface area contributed by atoms with Gasteiger partial charge in [0.15, 0.2) is 5.82 Å². The molecule has 1 aromatic carbocycles. The van der Waals surface area contributed by atoms with Crippen LogP contribution in [0.25, 0.3) is 27.9 Å². The number of fused-ring (bicyclic) bond motifs is 2. The Morgan fingerprint density at radius 1 is 1.17 bits per heavy atom. The number of hydrogen-bond acceptors (Lipinski definition) is 6. The van der Waals surface area contributed by atoms with Gasteiger partial charge < -0.3 is 18.9 Å². The summed E-state index contributed by atoms with van der Waals surface area (Å²) in [4.78, 5) is 26.8. The number of morpholine rings is 1. The lowest BCUT2D eigenvalue weighted by atomic mass is 10.2. The van der Waals surface area contributed by atoms with Gasteiger partial charge in [0, 0.05) is 31.3 Å². The third-order valence-electron chi connectivity index (χ3n) is 5.12. The molecular weight excluding hydrogens is 406 g/mol. The highest BCUT2D eigenvalue weighted by atomic mass is 35.5. The predicted molar refractivity (Wildman–Crippen MR) is 117 cm³/mol. The van der Waals surface area contributed by atoms with Gasteiger partial charge in [-0.15, -0.1) is 12.4 Å². The van der Waals surface area contributed by atoms with Crippen LogP contribution in [0.2, 0.25) is 0 Å². The van der Waals surface area contributed by atoms with Crippen LogP contribution in [0.1, 0.15) is 0 Å². The maximum Gasteiger partial charge on any atom is 0.259 e. The Hall–Kier alpha value is -2.94. The molecule has 1 aliphatic heterocycles. The zero-order chi connectivity index (χ0) is 19.6. The van der Waals surface area contributed by atoms with E-state index in [2.05, 4.69) is 19.9 Å². The van der Waals surface area contributed by atoms with Crippen molar-refractivity contribution >= 4 is 28.8 Å². The van der Waals surface area contributed by atoms with Crippen molar-refractivity contribution in [2.45, 2.75) is 0 Å². The first-order valence-corrected chi connectivity index (χ1v) is 9.66. The summed E-state index contributed by atoms with van der Waals surface area (Å²) >= 11 is 0. The monoisotopic (exact) mass is 427 g/mol. The maximum atomic E-state index is 12.7. The Labute approximate surface area is 178 Å². The second-order valence-electron chi connectivity index (χ2n) is 7.01. The lowest BCUT2D eigenvalue weighted by Gasteiger charge is -2.26. The molecule has 0 amide bonds. The molecular formula is C21H22ClN5O3. The fraction of sp³-hybridized carbons (Fsp3) is 0.286. The molecule has 5 rings (SSSR count). The molecule has 0 spiro atoms. The molecule has 8 nitrogen and oxygen atoms in total. The van der Waals surface area contributed by atoms with Crippen molar-refractivity contribution in [2.75, 3.05) is 39.5 Å². The Balaban J connectivity index is 0.00000218. The zero-order valence-corrected chi connectivity index (χ0v) is 17.1. The standard InChI is InChI=1S/C21H21N5O3.ClH/c27-21-17-13-16(29-11-8-25-6-9-28-10-7-25)3-4-18(17)23-20(24-21)19-12-15-2-1-5-26(15)14-22-19;/h1-5,12-14H,6-11H2,(H,23,24,27);1H. The summed E-state index contributed by atoms with van der Waals surface area (Å²) in [5.41, 5.74) is 2.02. The predicted octanol–water partition coefficient (Wildman–Crippen LogP) is 2.37. The van der Waals surface area contributed by atoms with E-state index in [0.717, 1.165) is 38.4 Å². The molecule has 0 saturated carbocycles. The van der Waals surface area contributed by atoms with Crippen LogP contribution in [-0.4, -0.2) is 63.7 Å². The topological polar surface area (TPSA) is 84.8 Å². The van der Waals surface area contributed by atoms with Gasteiger partial charge in [0.2, 0.25) is 0 Å². The van der Waals surface area contributed by atoms with Crippen LogP contribution in [0, 0.1) is 0 Å². The molecule has 156 valence electrons. The number of nitrogens with zero attached hydrogens (tertiary/aromatic N) is 4. The van der Waals surface area contributed by atoms with Crippen LogP contribution < -0.4 is 10.3 Å². The van der Waals surface area contributed by atoms with Gasteiger partial charge in [-0.25, -0.2) is 9.97 Å². The molecule has 1 saturated heterocycles. The molecule has 1 fully saturated rings. The van der Waals surface area contributed by atoms with Crippen molar-refractivity contribution in [3.05, 3.63) is 59.3 Å². The van der Waals surface area contributed by atoms with E-state index in [4.69, 9.17) is 9.47 Å². The number of aromatic amines is 1.